The van der Waals surface area contributed by atoms with Crippen LogP contribution in [0.1, 0.15) is 18.4 Å². The number of nitrogens with zero attached hydrogens (tertiary/aromatic N) is 4. The fraction of sp³-hybridized carbons (Fsp3) is 0.769. The molecule has 2 rings (SSSR count). The molecule has 0 bridgehead atoms. The van der Waals surface area contributed by atoms with Gasteiger partial charge in [0.15, 0.2) is 0 Å². The van der Waals surface area contributed by atoms with Crippen LogP contribution in [0.15, 0.2) is 12.4 Å². The van der Waals surface area contributed by atoms with Crippen LogP contribution in [0.3, 0.4) is 0 Å². The van der Waals surface area contributed by atoms with Gasteiger partial charge in [0.1, 0.15) is 0 Å². The molecule has 1 aromatic rings. The molecule has 1 aromatic heterocycles. The maximum atomic E-state index is 9.23. The molecule has 0 amide bonds. The van der Waals surface area contributed by atoms with Gasteiger partial charge >= 0.3 is 0 Å². The monoisotopic (exact) mass is 252 g/mol. The lowest BCUT2D eigenvalue weighted by Gasteiger charge is -2.36. The molecule has 5 heteroatoms. The first kappa shape index (κ1) is 13.5. The van der Waals surface area contributed by atoms with Crippen molar-refractivity contribution in [1.82, 2.24) is 19.6 Å². The predicted octanol–water partition coefficient (Wildman–Crippen LogP) is 0.309. The highest BCUT2D eigenvalue weighted by atomic mass is 16.3. The summed E-state index contributed by atoms with van der Waals surface area (Å²) >= 11 is 0. The minimum atomic E-state index is 0.229. The normalized spacial score (nSPS) is 18.7. The van der Waals surface area contributed by atoms with E-state index in [-0.39, 0.29) is 6.61 Å². The van der Waals surface area contributed by atoms with Crippen LogP contribution in [0, 0.1) is 0 Å². The standard InChI is InChI=1S/C13H24N4O/c1-15-5-3-13(4-6-15)17(7-8-18)11-12-9-14-16(2)10-12/h9-10,13,18H,3-8,11H2,1-2H3. The van der Waals surface area contributed by atoms with E-state index in [0.29, 0.717) is 6.04 Å². The van der Waals surface area contributed by atoms with E-state index in [9.17, 15) is 5.11 Å². The van der Waals surface area contributed by atoms with Gasteiger partial charge in [-0.1, -0.05) is 0 Å². The Hall–Kier alpha value is -0.910. The molecule has 1 fully saturated rings. The second-order valence-electron chi connectivity index (χ2n) is 5.25. The first-order chi connectivity index (χ1) is 8.69. The molecule has 0 aliphatic carbocycles. The molecule has 1 N–H and O–H groups in total. The molecular formula is C13H24N4O. The van der Waals surface area contributed by atoms with Crippen molar-refractivity contribution in [2.24, 2.45) is 7.05 Å². The molecule has 0 spiro atoms. The maximum absolute atomic E-state index is 9.23. The van der Waals surface area contributed by atoms with Crippen molar-refractivity contribution in [2.75, 3.05) is 33.3 Å². The molecule has 0 saturated carbocycles. The topological polar surface area (TPSA) is 44.5 Å². The van der Waals surface area contributed by atoms with Crippen LogP contribution < -0.4 is 0 Å². The highest BCUT2D eigenvalue weighted by molar-refractivity contribution is 5.03. The molecule has 2 heterocycles. The minimum Gasteiger partial charge on any atom is -0.395 e. The molecule has 1 aliphatic rings. The van der Waals surface area contributed by atoms with Crippen LogP contribution in [0.4, 0.5) is 0 Å². The average Bonchev–Trinajstić information content (AvgIpc) is 2.75. The Labute approximate surface area is 109 Å². The van der Waals surface area contributed by atoms with E-state index >= 15 is 0 Å². The number of rotatable bonds is 5. The zero-order valence-electron chi connectivity index (χ0n) is 11.4. The number of likely N-dealkylation sites (tertiary alicyclic amines) is 1. The molecule has 0 radical (unpaired) electrons. The van der Waals surface area contributed by atoms with Gasteiger partial charge < -0.3 is 10.0 Å². The number of aliphatic hydroxyl groups excluding tert-OH is 1. The SMILES string of the molecule is CN1CCC(N(CCO)Cc2cnn(C)c2)CC1. The van der Waals surface area contributed by atoms with Crippen molar-refractivity contribution in [1.29, 1.82) is 0 Å². The third kappa shape index (κ3) is 3.54. The van der Waals surface area contributed by atoms with Crippen LogP contribution in [-0.4, -0.2) is 64.0 Å². The van der Waals surface area contributed by atoms with E-state index in [1.165, 1.54) is 18.4 Å². The van der Waals surface area contributed by atoms with Crippen molar-refractivity contribution in [2.45, 2.75) is 25.4 Å². The lowest BCUT2D eigenvalue weighted by Crippen LogP contribution is -2.44. The smallest absolute Gasteiger partial charge is 0.0558 e. The largest absolute Gasteiger partial charge is 0.395 e. The lowest BCUT2D eigenvalue weighted by atomic mass is 10.0. The van der Waals surface area contributed by atoms with Crippen molar-refractivity contribution >= 4 is 0 Å². The molecule has 5 nitrogen and oxygen atoms in total. The van der Waals surface area contributed by atoms with E-state index in [4.69, 9.17) is 0 Å². The van der Waals surface area contributed by atoms with E-state index < -0.39 is 0 Å². The maximum Gasteiger partial charge on any atom is 0.0558 e. The number of hydrogen-bond acceptors (Lipinski definition) is 4. The van der Waals surface area contributed by atoms with Gasteiger partial charge in [-0.25, -0.2) is 0 Å². The van der Waals surface area contributed by atoms with E-state index in [2.05, 4.69) is 28.1 Å². The van der Waals surface area contributed by atoms with Gasteiger partial charge in [0, 0.05) is 37.9 Å². The summed E-state index contributed by atoms with van der Waals surface area (Å²) in [5.41, 5.74) is 1.23. The molecule has 0 atom stereocenters. The van der Waals surface area contributed by atoms with E-state index in [1.807, 2.05) is 17.9 Å². The van der Waals surface area contributed by atoms with Crippen LogP contribution in [0.25, 0.3) is 0 Å². The Balaban J connectivity index is 1.94. The molecule has 18 heavy (non-hydrogen) atoms. The van der Waals surface area contributed by atoms with Crippen LogP contribution >= 0.6 is 0 Å². The summed E-state index contributed by atoms with van der Waals surface area (Å²) in [6.07, 6.45) is 6.35. The molecular weight excluding hydrogens is 228 g/mol. The highest BCUT2D eigenvalue weighted by Crippen LogP contribution is 2.17. The zero-order valence-corrected chi connectivity index (χ0v) is 11.4. The third-order valence-electron chi connectivity index (χ3n) is 3.74. The summed E-state index contributed by atoms with van der Waals surface area (Å²) in [6, 6.07) is 0.591. The average molecular weight is 252 g/mol. The Morgan fingerprint density at radius 2 is 2.11 bits per heavy atom. The van der Waals surface area contributed by atoms with Gasteiger partial charge in [0.2, 0.25) is 0 Å². The fourth-order valence-electron chi connectivity index (χ4n) is 2.67. The third-order valence-corrected chi connectivity index (χ3v) is 3.74. The van der Waals surface area contributed by atoms with Gasteiger partial charge in [-0.3, -0.25) is 9.58 Å². The minimum absolute atomic E-state index is 0.229. The number of aryl methyl sites for hydroxylation is 1. The Morgan fingerprint density at radius 3 is 2.67 bits per heavy atom. The van der Waals surface area contributed by atoms with Gasteiger partial charge in [0.25, 0.3) is 0 Å². The number of piperidine rings is 1. The number of aliphatic hydroxyl groups is 1. The molecule has 1 aliphatic heterocycles. The summed E-state index contributed by atoms with van der Waals surface area (Å²) < 4.78 is 1.83. The quantitative estimate of drug-likeness (QED) is 0.819. The Kier molecular flexibility index (Phi) is 4.74. The first-order valence-electron chi connectivity index (χ1n) is 6.70. The van der Waals surface area contributed by atoms with Crippen LogP contribution in [0.5, 0.6) is 0 Å². The number of hydrogen-bond donors (Lipinski definition) is 1. The summed E-state index contributed by atoms with van der Waals surface area (Å²) in [4.78, 5) is 4.77. The second-order valence-corrected chi connectivity index (χ2v) is 5.25. The summed E-state index contributed by atoms with van der Waals surface area (Å²) in [5, 5.41) is 13.4. The van der Waals surface area contributed by atoms with Gasteiger partial charge in [0.05, 0.1) is 12.8 Å². The molecule has 0 unspecified atom stereocenters. The lowest BCUT2D eigenvalue weighted by molar-refractivity contribution is 0.0941. The predicted molar refractivity (Wildman–Crippen MR) is 71.2 cm³/mol. The molecule has 0 aromatic carbocycles. The van der Waals surface area contributed by atoms with Crippen molar-refractivity contribution in [3.63, 3.8) is 0 Å². The zero-order chi connectivity index (χ0) is 13.0. The second kappa shape index (κ2) is 6.31. The summed E-state index contributed by atoms with van der Waals surface area (Å²) in [5.74, 6) is 0. The van der Waals surface area contributed by atoms with Gasteiger partial charge in [-0.15, -0.1) is 0 Å². The first-order valence-corrected chi connectivity index (χ1v) is 6.70. The van der Waals surface area contributed by atoms with Crippen molar-refractivity contribution in [3.05, 3.63) is 18.0 Å². The van der Waals surface area contributed by atoms with Crippen LogP contribution in [-0.2, 0) is 13.6 Å². The van der Waals surface area contributed by atoms with E-state index in [1.54, 1.807) is 0 Å². The van der Waals surface area contributed by atoms with E-state index in [0.717, 1.165) is 26.2 Å². The molecule has 1 saturated heterocycles. The molecule has 102 valence electrons. The summed E-state index contributed by atoms with van der Waals surface area (Å²) in [7, 11) is 4.11. The Morgan fingerprint density at radius 1 is 1.39 bits per heavy atom. The number of aromatic nitrogens is 2. The van der Waals surface area contributed by atoms with Crippen molar-refractivity contribution < 1.29 is 5.11 Å². The van der Waals surface area contributed by atoms with Gasteiger partial charge in [-0.2, -0.15) is 5.10 Å². The Bertz CT molecular complexity index is 358. The fourth-order valence-corrected chi connectivity index (χ4v) is 2.67. The summed E-state index contributed by atoms with van der Waals surface area (Å²) in [6.45, 7) is 4.18. The highest BCUT2D eigenvalue weighted by Gasteiger charge is 2.23. The van der Waals surface area contributed by atoms with Crippen molar-refractivity contribution in [3.8, 4) is 0 Å². The van der Waals surface area contributed by atoms with Crippen LogP contribution in [0.2, 0.25) is 0 Å². The van der Waals surface area contributed by atoms with Gasteiger partial charge in [-0.05, 0) is 33.0 Å².